The molecule has 2 amide bonds. The van der Waals surface area contributed by atoms with Gasteiger partial charge in [0.1, 0.15) is 5.82 Å². The van der Waals surface area contributed by atoms with E-state index in [-0.39, 0.29) is 24.0 Å². The highest BCUT2D eigenvalue weighted by Gasteiger charge is 2.10. The Morgan fingerprint density at radius 3 is 2.52 bits per heavy atom. The van der Waals surface area contributed by atoms with Crippen LogP contribution in [0, 0.1) is 5.82 Å². The van der Waals surface area contributed by atoms with Crippen molar-refractivity contribution in [3.05, 3.63) is 59.9 Å². The number of amides is 2. The summed E-state index contributed by atoms with van der Waals surface area (Å²) in [6, 6.07) is 12.8. The largest absolute Gasteiger partial charge is 0.374 e. The Kier molecular flexibility index (Phi) is 5.30. The lowest BCUT2D eigenvalue weighted by Crippen LogP contribution is -2.23. The zero-order valence-electron chi connectivity index (χ0n) is 13.0. The van der Waals surface area contributed by atoms with Crippen molar-refractivity contribution in [2.24, 2.45) is 0 Å². The van der Waals surface area contributed by atoms with E-state index in [9.17, 15) is 14.0 Å². The summed E-state index contributed by atoms with van der Waals surface area (Å²) < 4.78 is 13.4. The van der Waals surface area contributed by atoms with E-state index in [0.717, 1.165) is 0 Å². The number of halogens is 1. The van der Waals surface area contributed by atoms with E-state index in [0.29, 0.717) is 11.3 Å². The number of benzene rings is 2. The quantitative estimate of drug-likeness (QED) is 0.891. The number of carbonyl (C=O) groups excluding carboxylic acids is 2. The van der Waals surface area contributed by atoms with Gasteiger partial charge in [0.25, 0.3) is 5.91 Å². The first-order valence-electron chi connectivity index (χ1n) is 7.07. The van der Waals surface area contributed by atoms with Crippen molar-refractivity contribution >= 4 is 23.2 Å². The number of rotatable bonds is 5. The molecule has 23 heavy (non-hydrogen) atoms. The third-order valence-electron chi connectivity index (χ3n) is 3.11. The van der Waals surface area contributed by atoms with Crippen LogP contribution >= 0.6 is 0 Å². The standard InChI is InChI=1S/C17H18FN3O2/c1-21(2)17(23)12-6-5-7-13(10-12)20-16(22)11-19-15-9-4-3-8-14(15)18/h3-10,19H,11H2,1-2H3,(H,20,22). The molecule has 0 saturated carbocycles. The summed E-state index contributed by atoms with van der Waals surface area (Å²) in [5.74, 6) is -0.896. The summed E-state index contributed by atoms with van der Waals surface area (Å²) in [5.41, 5.74) is 1.26. The molecule has 0 heterocycles. The minimum atomic E-state index is -0.418. The van der Waals surface area contributed by atoms with Gasteiger partial charge in [-0.1, -0.05) is 18.2 Å². The molecule has 0 radical (unpaired) electrons. The monoisotopic (exact) mass is 315 g/mol. The molecule has 2 aromatic rings. The van der Waals surface area contributed by atoms with Gasteiger partial charge in [-0.3, -0.25) is 9.59 Å². The van der Waals surface area contributed by atoms with E-state index in [1.165, 1.54) is 11.0 Å². The van der Waals surface area contributed by atoms with Crippen LogP contribution in [0.2, 0.25) is 0 Å². The van der Waals surface area contributed by atoms with Crippen LogP contribution in [0.25, 0.3) is 0 Å². The van der Waals surface area contributed by atoms with Gasteiger partial charge in [-0.15, -0.1) is 0 Å². The minimum absolute atomic E-state index is 0.0766. The molecule has 2 rings (SSSR count). The second kappa shape index (κ2) is 7.40. The molecule has 0 spiro atoms. The van der Waals surface area contributed by atoms with Crippen LogP contribution in [-0.2, 0) is 4.79 Å². The molecule has 0 saturated heterocycles. The Hall–Kier alpha value is -2.89. The molecule has 0 aliphatic carbocycles. The number of para-hydroxylation sites is 1. The molecule has 120 valence electrons. The predicted molar refractivity (Wildman–Crippen MR) is 88.0 cm³/mol. The zero-order chi connectivity index (χ0) is 16.8. The molecule has 0 aliphatic rings. The van der Waals surface area contributed by atoms with E-state index in [4.69, 9.17) is 0 Å². The van der Waals surface area contributed by atoms with Crippen molar-refractivity contribution in [2.75, 3.05) is 31.3 Å². The fourth-order valence-corrected chi connectivity index (χ4v) is 1.97. The van der Waals surface area contributed by atoms with Crippen LogP contribution in [0.15, 0.2) is 48.5 Å². The summed E-state index contributed by atoms with van der Waals surface area (Å²) in [5, 5.41) is 5.40. The van der Waals surface area contributed by atoms with Crippen molar-refractivity contribution in [3.8, 4) is 0 Å². The lowest BCUT2D eigenvalue weighted by molar-refractivity contribution is -0.114. The summed E-state index contributed by atoms with van der Waals surface area (Å²) in [6.07, 6.45) is 0. The first kappa shape index (κ1) is 16.5. The Morgan fingerprint density at radius 2 is 1.83 bits per heavy atom. The molecule has 6 heteroatoms. The molecule has 5 nitrogen and oxygen atoms in total. The minimum Gasteiger partial charge on any atom is -0.374 e. The van der Waals surface area contributed by atoms with Gasteiger partial charge in [0.15, 0.2) is 0 Å². The Morgan fingerprint density at radius 1 is 1.09 bits per heavy atom. The van der Waals surface area contributed by atoms with E-state index < -0.39 is 5.82 Å². The number of anilines is 2. The SMILES string of the molecule is CN(C)C(=O)c1cccc(NC(=O)CNc2ccccc2F)c1. The molecule has 0 aliphatic heterocycles. The van der Waals surface area contributed by atoms with Gasteiger partial charge in [0.2, 0.25) is 5.91 Å². The van der Waals surface area contributed by atoms with Gasteiger partial charge in [0.05, 0.1) is 12.2 Å². The van der Waals surface area contributed by atoms with Crippen molar-refractivity contribution in [1.82, 2.24) is 4.90 Å². The molecule has 0 unspecified atom stereocenters. The Bertz CT molecular complexity index is 716. The van der Waals surface area contributed by atoms with E-state index >= 15 is 0 Å². The van der Waals surface area contributed by atoms with Crippen molar-refractivity contribution in [1.29, 1.82) is 0 Å². The normalized spacial score (nSPS) is 10.0. The molecule has 0 atom stereocenters. The molecule has 2 N–H and O–H groups in total. The van der Waals surface area contributed by atoms with Crippen molar-refractivity contribution in [2.45, 2.75) is 0 Å². The van der Waals surface area contributed by atoms with Gasteiger partial charge in [-0.25, -0.2) is 4.39 Å². The molecule has 0 fully saturated rings. The number of hydrogen-bond donors (Lipinski definition) is 2. The van der Waals surface area contributed by atoms with Crippen molar-refractivity contribution in [3.63, 3.8) is 0 Å². The van der Waals surface area contributed by atoms with Gasteiger partial charge >= 0.3 is 0 Å². The van der Waals surface area contributed by atoms with E-state index in [2.05, 4.69) is 10.6 Å². The van der Waals surface area contributed by atoms with E-state index in [1.807, 2.05) is 0 Å². The van der Waals surface area contributed by atoms with Gasteiger partial charge in [-0.05, 0) is 30.3 Å². The van der Waals surface area contributed by atoms with Crippen LogP contribution in [-0.4, -0.2) is 37.4 Å². The van der Waals surface area contributed by atoms with E-state index in [1.54, 1.807) is 56.6 Å². The average Bonchev–Trinajstić information content (AvgIpc) is 2.53. The molecule has 0 aromatic heterocycles. The lowest BCUT2D eigenvalue weighted by Gasteiger charge is -2.12. The fraction of sp³-hybridized carbons (Fsp3) is 0.176. The average molecular weight is 315 g/mol. The summed E-state index contributed by atoms with van der Waals surface area (Å²) in [4.78, 5) is 25.3. The summed E-state index contributed by atoms with van der Waals surface area (Å²) >= 11 is 0. The Labute approximate surface area is 134 Å². The first-order chi connectivity index (χ1) is 11.0. The summed E-state index contributed by atoms with van der Waals surface area (Å²) in [7, 11) is 3.32. The fourth-order valence-electron chi connectivity index (χ4n) is 1.97. The topological polar surface area (TPSA) is 61.4 Å². The van der Waals surface area contributed by atoms with Crippen molar-refractivity contribution < 1.29 is 14.0 Å². The number of nitrogens with one attached hydrogen (secondary N) is 2. The second-order valence-corrected chi connectivity index (χ2v) is 5.16. The second-order valence-electron chi connectivity index (χ2n) is 5.16. The smallest absolute Gasteiger partial charge is 0.253 e. The number of hydrogen-bond acceptors (Lipinski definition) is 3. The maximum absolute atomic E-state index is 13.4. The molecule has 0 bridgehead atoms. The first-order valence-corrected chi connectivity index (χ1v) is 7.07. The highest BCUT2D eigenvalue weighted by molar-refractivity contribution is 5.97. The third kappa shape index (κ3) is 4.54. The van der Waals surface area contributed by atoms with Gasteiger partial charge in [0, 0.05) is 25.3 Å². The van der Waals surface area contributed by atoms with Crippen LogP contribution in [0.1, 0.15) is 10.4 Å². The predicted octanol–water partition coefficient (Wildman–Crippen LogP) is 2.58. The number of carbonyl (C=O) groups is 2. The van der Waals surface area contributed by atoms with Crippen LogP contribution in [0.3, 0.4) is 0 Å². The van der Waals surface area contributed by atoms with Gasteiger partial charge in [-0.2, -0.15) is 0 Å². The summed E-state index contributed by atoms with van der Waals surface area (Å²) in [6.45, 7) is -0.0766. The maximum Gasteiger partial charge on any atom is 0.253 e. The Balaban J connectivity index is 1.97. The van der Waals surface area contributed by atoms with Gasteiger partial charge < -0.3 is 15.5 Å². The van der Waals surface area contributed by atoms with Crippen LogP contribution in [0.5, 0.6) is 0 Å². The molecular formula is C17H18FN3O2. The third-order valence-corrected chi connectivity index (χ3v) is 3.11. The highest BCUT2D eigenvalue weighted by atomic mass is 19.1. The van der Waals surface area contributed by atoms with Crippen LogP contribution < -0.4 is 10.6 Å². The lowest BCUT2D eigenvalue weighted by atomic mass is 10.2. The molecule has 2 aromatic carbocycles. The zero-order valence-corrected chi connectivity index (χ0v) is 13.0. The maximum atomic E-state index is 13.4. The molecular weight excluding hydrogens is 297 g/mol. The highest BCUT2D eigenvalue weighted by Crippen LogP contribution is 2.13. The number of nitrogens with zero attached hydrogens (tertiary/aromatic N) is 1. The van der Waals surface area contributed by atoms with Crippen LogP contribution in [0.4, 0.5) is 15.8 Å².